The quantitative estimate of drug-likeness (QED) is 0.499. The summed E-state index contributed by atoms with van der Waals surface area (Å²) in [5, 5.41) is 2.99. The third kappa shape index (κ3) is 4.41. The van der Waals surface area contributed by atoms with Gasteiger partial charge in [0.1, 0.15) is 0 Å². The number of benzene rings is 2. The molecule has 1 aliphatic rings. The molecule has 2 heterocycles. The summed E-state index contributed by atoms with van der Waals surface area (Å²) in [6, 6.07) is 10.4. The minimum Gasteiger partial charge on any atom is -0.493 e. The normalized spacial score (nSPS) is 14.5. The van der Waals surface area contributed by atoms with E-state index >= 15 is 0 Å². The molecule has 0 saturated carbocycles. The van der Waals surface area contributed by atoms with Gasteiger partial charge in [0.25, 0.3) is 0 Å². The first-order valence-electron chi connectivity index (χ1n) is 11.3. The zero-order chi connectivity index (χ0) is 25.8. The van der Waals surface area contributed by atoms with Crippen LogP contribution in [0.4, 0.5) is 10.5 Å². The smallest absolute Gasteiger partial charge is 0.322 e. The molecular formula is C26H31N3O7. The van der Waals surface area contributed by atoms with Crippen LogP contribution in [0.2, 0.25) is 0 Å². The SMILES string of the molecule is COc1cc(NC(=O)N2CCn3cccc3C2c2cc(OC)c(OC)c(OC)c2)cc(OC)c1OC. The van der Waals surface area contributed by atoms with Crippen LogP contribution in [0.3, 0.4) is 0 Å². The van der Waals surface area contributed by atoms with Crippen molar-refractivity contribution in [3.8, 4) is 34.5 Å². The topological polar surface area (TPSA) is 92.7 Å². The Labute approximate surface area is 210 Å². The van der Waals surface area contributed by atoms with Crippen LogP contribution >= 0.6 is 0 Å². The number of rotatable bonds is 8. The van der Waals surface area contributed by atoms with Gasteiger partial charge in [-0.05, 0) is 29.8 Å². The predicted octanol–water partition coefficient (Wildman–Crippen LogP) is 4.18. The zero-order valence-electron chi connectivity index (χ0n) is 21.3. The maximum absolute atomic E-state index is 13.7. The number of ether oxygens (including phenoxy) is 6. The highest BCUT2D eigenvalue weighted by Crippen LogP contribution is 2.44. The van der Waals surface area contributed by atoms with E-state index in [0.29, 0.717) is 53.3 Å². The number of methoxy groups -OCH3 is 6. The Bertz CT molecular complexity index is 1190. The van der Waals surface area contributed by atoms with Crippen LogP contribution in [-0.4, -0.2) is 64.7 Å². The molecule has 2 aromatic carbocycles. The van der Waals surface area contributed by atoms with Gasteiger partial charge < -0.3 is 43.2 Å². The molecule has 1 atom stereocenters. The molecule has 192 valence electrons. The van der Waals surface area contributed by atoms with Crippen molar-refractivity contribution in [3.63, 3.8) is 0 Å². The van der Waals surface area contributed by atoms with Crippen LogP contribution in [0, 0.1) is 0 Å². The fourth-order valence-corrected chi connectivity index (χ4v) is 4.56. The van der Waals surface area contributed by atoms with Crippen molar-refractivity contribution in [3.05, 3.63) is 53.9 Å². The highest BCUT2D eigenvalue weighted by molar-refractivity contribution is 5.91. The molecule has 10 nitrogen and oxygen atoms in total. The minimum atomic E-state index is -0.399. The minimum absolute atomic E-state index is 0.282. The summed E-state index contributed by atoms with van der Waals surface area (Å²) < 4.78 is 35.0. The van der Waals surface area contributed by atoms with E-state index in [2.05, 4.69) is 9.88 Å². The Hall–Kier alpha value is -4.21. The first-order valence-corrected chi connectivity index (χ1v) is 11.3. The lowest BCUT2D eigenvalue weighted by Crippen LogP contribution is -2.44. The molecule has 10 heteroatoms. The van der Waals surface area contributed by atoms with Crippen molar-refractivity contribution in [1.29, 1.82) is 0 Å². The van der Waals surface area contributed by atoms with Gasteiger partial charge in [-0.15, -0.1) is 0 Å². The fraction of sp³-hybridized carbons (Fsp3) is 0.346. The summed E-state index contributed by atoms with van der Waals surface area (Å²) in [4.78, 5) is 15.5. The molecule has 3 aromatic rings. The molecule has 2 amide bonds. The molecular weight excluding hydrogens is 466 g/mol. The number of anilines is 1. The Kier molecular flexibility index (Phi) is 7.33. The molecule has 1 aromatic heterocycles. The average Bonchev–Trinajstić information content (AvgIpc) is 3.39. The molecule has 1 aliphatic heterocycles. The summed E-state index contributed by atoms with van der Waals surface area (Å²) >= 11 is 0. The summed E-state index contributed by atoms with van der Waals surface area (Å²) in [6.07, 6.45) is 2.01. The van der Waals surface area contributed by atoms with Gasteiger partial charge in [0.2, 0.25) is 11.5 Å². The van der Waals surface area contributed by atoms with E-state index in [1.807, 2.05) is 30.5 Å². The number of nitrogens with one attached hydrogen (secondary N) is 1. The first-order chi connectivity index (χ1) is 17.5. The van der Waals surface area contributed by atoms with Gasteiger partial charge in [-0.25, -0.2) is 4.79 Å². The number of fused-ring (bicyclic) bond motifs is 1. The van der Waals surface area contributed by atoms with Gasteiger partial charge in [-0.2, -0.15) is 0 Å². The van der Waals surface area contributed by atoms with E-state index < -0.39 is 6.04 Å². The van der Waals surface area contributed by atoms with Gasteiger partial charge in [0, 0.05) is 37.1 Å². The summed E-state index contributed by atoms with van der Waals surface area (Å²) in [7, 11) is 9.29. The molecule has 1 unspecified atom stereocenters. The highest BCUT2D eigenvalue weighted by atomic mass is 16.5. The molecule has 0 radical (unpaired) electrons. The van der Waals surface area contributed by atoms with Crippen molar-refractivity contribution in [1.82, 2.24) is 9.47 Å². The first kappa shape index (κ1) is 24.9. The molecule has 0 fully saturated rings. The van der Waals surface area contributed by atoms with E-state index in [-0.39, 0.29) is 6.03 Å². The van der Waals surface area contributed by atoms with E-state index in [0.717, 1.165) is 11.3 Å². The second-order valence-electron chi connectivity index (χ2n) is 8.03. The number of urea groups is 1. The average molecular weight is 498 g/mol. The van der Waals surface area contributed by atoms with E-state index in [9.17, 15) is 4.79 Å². The summed E-state index contributed by atoms with van der Waals surface area (Å²) in [5.41, 5.74) is 2.30. The van der Waals surface area contributed by atoms with Crippen molar-refractivity contribution in [2.45, 2.75) is 12.6 Å². The van der Waals surface area contributed by atoms with Crippen molar-refractivity contribution in [2.75, 3.05) is 54.5 Å². The number of hydrogen-bond donors (Lipinski definition) is 1. The summed E-state index contributed by atoms with van der Waals surface area (Å²) in [6.45, 7) is 1.14. The molecule has 36 heavy (non-hydrogen) atoms. The molecule has 0 spiro atoms. The number of amides is 2. The standard InChI is InChI=1S/C26H31N3O7/c1-31-19-12-16(13-20(32-2)24(19)35-5)23-18-8-7-9-28(18)10-11-29(23)26(30)27-17-14-21(33-3)25(36-6)22(15-17)34-4/h7-9,12-15,23H,10-11H2,1-6H3,(H,27,30). The van der Waals surface area contributed by atoms with Gasteiger partial charge in [-0.1, -0.05) is 0 Å². The Morgan fingerprint density at radius 1 is 0.778 bits per heavy atom. The lowest BCUT2D eigenvalue weighted by molar-refractivity contribution is 0.181. The fourth-order valence-electron chi connectivity index (χ4n) is 4.56. The lowest BCUT2D eigenvalue weighted by atomic mass is 9.99. The van der Waals surface area contributed by atoms with Crippen molar-refractivity contribution in [2.24, 2.45) is 0 Å². The molecule has 0 bridgehead atoms. The number of aromatic nitrogens is 1. The van der Waals surface area contributed by atoms with Crippen LogP contribution in [0.1, 0.15) is 17.3 Å². The second kappa shape index (κ2) is 10.6. The van der Waals surface area contributed by atoms with Crippen LogP contribution in [-0.2, 0) is 6.54 Å². The van der Waals surface area contributed by atoms with Gasteiger partial charge in [0.15, 0.2) is 23.0 Å². The van der Waals surface area contributed by atoms with Gasteiger partial charge >= 0.3 is 6.03 Å². The monoisotopic (exact) mass is 497 g/mol. The lowest BCUT2D eigenvalue weighted by Gasteiger charge is -2.37. The highest BCUT2D eigenvalue weighted by Gasteiger charge is 2.34. The van der Waals surface area contributed by atoms with E-state index in [1.54, 1.807) is 38.4 Å². The summed E-state index contributed by atoms with van der Waals surface area (Å²) in [5.74, 6) is 2.86. The van der Waals surface area contributed by atoms with Crippen LogP contribution < -0.4 is 33.7 Å². The van der Waals surface area contributed by atoms with E-state index in [4.69, 9.17) is 28.4 Å². The second-order valence-corrected chi connectivity index (χ2v) is 8.03. The third-order valence-corrected chi connectivity index (χ3v) is 6.22. The predicted molar refractivity (Wildman–Crippen MR) is 134 cm³/mol. The molecule has 0 saturated heterocycles. The number of nitrogens with zero attached hydrogens (tertiary/aromatic N) is 2. The maximum Gasteiger partial charge on any atom is 0.322 e. The van der Waals surface area contributed by atoms with Crippen LogP contribution in [0.5, 0.6) is 34.5 Å². The van der Waals surface area contributed by atoms with Crippen LogP contribution in [0.15, 0.2) is 42.6 Å². The largest absolute Gasteiger partial charge is 0.493 e. The third-order valence-electron chi connectivity index (χ3n) is 6.22. The van der Waals surface area contributed by atoms with Crippen molar-refractivity contribution >= 4 is 11.7 Å². The molecule has 4 rings (SSSR count). The van der Waals surface area contributed by atoms with Crippen molar-refractivity contribution < 1.29 is 33.2 Å². The number of hydrogen-bond acceptors (Lipinski definition) is 7. The van der Waals surface area contributed by atoms with Gasteiger partial charge in [-0.3, -0.25) is 0 Å². The Balaban J connectivity index is 1.74. The molecule has 0 aliphatic carbocycles. The number of carbonyl (C=O) groups excluding carboxylic acids is 1. The maximum atomic E-state index is 13.7. The molecule has 1 N–H and O–H groups in total. The zero-order valence-corrected chi connectivity index (χ0v) is 21.3. The Morgan fingerprint density at radius 2 is 1.31 bits per heavy atom. The Morgan fingerprint density at radius 3 is 1.81 bits per heavy atom. The number of carbonyl (C=O) groups is 1. The van der Waals surface area contributed by atoms with Crippen LogP contribution in [0.25, 0.3) is 0 Å². The van der Waals surface area contributed by atoms with Gasteiger partial charge in [0.05, 0.1) is 54.4 Å². The van der Waals surface area contributed by atoms with E-state index in [1.165, 1.54) is 21.3 Å².